The van der Waals surface area contributed by atoms with Gasteiger partial charge in [-0.3, -0.25) is 0 Å². The maximum Gasteiger partial charge on any atom is 0.272 e. The number of aliphatic hydroxyl groups excluding tert-OH is 1. The van der Waals surface area contributed by atoms with Gasteiger partial charge in [0.15, 0.2) is 0 Å². The lowest BCUT2D eigenvalue weighted by Crippen LogP contribution is -1.93. The first-order valence-corrected chi connectivity index (χ1v) is 5.83. The minimum absolute atomic E-state index is 0.106. The highest BCUT2D eigenvalue weighted by Gasteiger charge is 1.92. The highest BCUT2D eigenvalue weighted by molar-refractivity contribution is 4.81. The van der Waals surface area contributed by atoms with Crippen molar-refractivity contribution in [2.24, 2.45) is 0 Å². The number of allylic oxidation sites excluding steroid dienone is 1. The largest absolute Gasteiger partial charge is 0.481 e. The van der Waals surface area contributed by atoms with E-state index in [1.165, 1.54) is 19.3 Å². The topological polar surface area (TPSA) is 29.5 Å². The highest BCUT2D eigenvalue weighted by atomic mass is 16.6. The molecule has 0 fully saturated rings. The molecule has 0 rings (SSSR count). The molecule has 0 saturated carbocycles. The molecular weight excluding hydrogens is 176 g/mol. The molecule has 0 amide bonds. The van der Waals surface area contributed by atoms with E-state index in [9.17, 15) is 5.11 Å². The molecule has 0 aliphatic heterocycles. The molecule has 84 valence electrons. The molecule has 0 aliphatic rings. The van der Waals surface area contributed by atoms with Gasteiger partial charge in [-0.1, -0.05) is 39.5 Å². The Bertz CT molecular complexity index is 141. The molecule has 0 aromatic rings. The quantitative estimate of drug-likeness (QED) is 0.447. The summed E-state index contributed by atoms with van der Waals surface area (Å²) >= 11 is 0. The summed E-state index contributed by atoms with van der Waals surface area (Å²) in [5.41, 5.74) is 0. The van der Waals surface area contributed by atoms with Crippen LogP contribution in [0, 0.1) is 0 Å². The Morgan fingerprint density at radius 2 is 1.79 bits per heavy atom. The van der Waals surface area contributed by atoms with Gasteiger partial charge in [-0.25, -0.2) is 0 Å². The van der Waals surface area contributed by atoms with Gasteiger partial charge in [-0.05, 0) is 25.3 Å². The molecule has 1 N–H and O–H groups in total. The third-order valence-corrected chi connectivity index (χ3v) is 2.12. The molecule has 0 unspecified atom stereocenters. The van der Waals surface area contributed by atoms with E-state index in [2.05, 4.69) is 13.8 Å². The summed E-state index contributed by atoms with van der Waals surface area (Å²) in [4.78, 5) is 0. The molecule has 0 radical (unpaired) electrons. The van der Waals surface area contributed by atoms with E-state index in [0.29, 0.717) is 6.61 Å². The molecule has 0 atom stereocenters. The van der Waals surface area contributed by atoms with E-state index in [1.807, 2.05) is 0 Å². The lowest BCUT2D eigenvalue weighted by molar-refractivity contribution is 0.0900. The zero-order valence-corrected chi connectivity index (χ0v) is 9.59. The first-order valence-electron chi connectivity index (χ1n) is 5.83. The van der Waals surface area contributed by atoms with Crippen molar-refractivity contribution >= 4 is 0 Å². The van der Waals surface area contributed by atoms with Crippen LogP contribution in [0.1, 0.15) is 58.8 Å². The summed E-state index contributed by atoms with van der Waals surface area (Å²) in [5.74, 6) is 0.106. The van der Waals surface area contributed by atoms with Gasteiger partial charge in [0, 0.05) is 0 Å². The standard InChI is InChI=1S/C12H24O2/c1-3-5-7-8-9-10-12(13)14-11-6-4-2/h10,13H,3-9,11H2,1-2H3/b12-10-. The van der Waals surface area contributed by atoms with E-state index in [1.54, 1.807) is 6.08 Å². The van der Waals surface area contributed by atoms with Gasteiger partial charge in [0.25, 0.3) is 5.95 Å². The van der Waals surface area contributed by atoms with E-state index in [4.69, 9.17) is 4.74 Å². The third-order valence-electron chi connectivity index (χ3n) is 2.12. The van der Waals surface area contributed by atoms with Gasteiger partial charge in [-0.15, -0.1) is 0 Å². The molecule has 14 heavy (non-hydrogen) atoms. The molecule has 2 nitrogen and oxygen atoms in total. The van der Waals surface area contributed by atoms with Gasteiger partial charge in [0.05, 0.1) is 6.61 Å². The monoisotopic (exact) mass is 200 g/mol. The molecule has 0 aromatic carbocycles. The summed E-state index contributed by atoms with van der Waals surface area (Å²) in [6, 6.07) is 0. The Hall–Kier alpha value is -0.660. The second-order valence-electron chi connectivity index (χ2n) is 3.59. The van der Waals surface area contributed by atoms with Crippen molar-refractivity contribution in [2.45, 2.75) is 58.8 Å². The molecule has 0 bridgehead atoms. The average molecular weight is 200 g/mol. The van der Waals surface area contributed by atoms with E-state index >= 15 is 0 Å². The summed E-state index contributed by atoms with van der Waals surface area (Å²) in [7, 11) is 0. The first kappa shape index (κ1) is 13.3. The van der Waals surface area contributed by atoms with E-state index < -0.39 is 0 Å². The van der Waals surface area contributed by atoms with E-state index in [0.717, 1.165) is 25.7 Å². The molecule has 2 heteroatoms. The van der Waals surface area contributed by atoms with Crippen LogP contribution >= 0.6 is 0 Å². The number of rotatable bonds is 9. The Balaban J connectivity index is 3.27. The van der Waals surface area contributed by atoms with Crippen molar-refractivity contribution in [3.05, 3.63) is 12.0 Å². The number of hydrogen-bond acceptors (Lipinski definition) is 2. The van der Waals surface area contributed by atoms with Crippen LogP contribution in [0.5, 0.6) is 0 Å². The fourth-order valence-electron chi connectivity index (χ4n) is 1.18. The van der Waals surface area contributed by atoms with Gasteiger partial charge in [0.2, 0.25) is 0 Å². The SMILES string of the molecule is CCCCCC/C=C(/O)OCCCC. The predicted octanol–water partition coefficient (Wildman–Crippen LogP) is 4.17. The molecular formula is C12H24O2. The lowest BCUT2D eigenvalue weighted by atomic mass is 10.1. The average Bonchev–Trinajstić information content (AvgIpc) is 2.18. The van der Waals surface area contributed by atoms with Crippen LogP contribution in [0.2, 0.25) is 0 Å². The smallest absolute Gasteiger partial charge is 0.272 e. The molecule has 0 aromatic heterocycles. The van der Waals surface area contributed by atoms with Crippen molar-refractivity contribution in [1.29, 1.82) is 0 Å². The maximum atomic E-state index is 9.27. The normalized spacial score (nSPS) is 11.7. The minimum atomic E-state index is 0.106. The number of hydrogen-bond donors (Lipinski definition) is 1. The van der Waals surface area contributed by atoms with E-state index in [-0.39, 0.29) is 5.95 Å². The van der Waals surface area contributed by atoms with Crippen molar-refractivity contribution in [1.82, 2.24) is 0 Å². The predicted molar refractivity (Wildman–Crippen MR) is 60.3 cm³/mol. The summed E-state index contributed by atoms with van der Waals surface area (Å²) in [5, 5.41) is 9.27. The molecule has 0 aliphatic carbocycles. The Labute approximate surface area is 88.0 Å². The van der Waals surface area contributed by atoms with Gasteiger partial charge >= 0.3 is 0 Å². The molecule has 0 spiro atoms. The zero-order chi connectivity index (χ0) is 10.6. The lowest BCUT2D eigenvalue weighted by Gasteiger charge is -2.03. The van der Waals surface area contributed by atoms with Crippen LogP contribution in [0.15, 0.2) is 12.0 Å². The number of ether oxygens (including phenoxy) is 1. The first-order chi connectivity index (χ1) is 6.81. The fraction of sp³-hybridized carbons (Fsp3) is 0.833. The van der Waals surface area contributed by atoms with Crippen LogP contribution in [-0.2, 0) is 4.74 Å². The van der Waals surface area contributed by atoms with Crippen molar-refractivity contribution in [2.75, 3.05) is 6.61 Å². The van der Waals surface area contributed by atoms with Crippen molar-refractivity contribution in [3.8, 4) is 0 Å². The van der Waals surface area contributed by atoms with Gasteiger partial charge in [0.1, 0.15) is 0 Å². The maximum absolute atomic E-state index is 9.27. The third kappa shape index (κ3) is 9.43. The fourth-order valence-corrected chi connectivity index (χ4v) is 1.18. The summed E-state index contributed by atoms with van der Waals surface area (Å²) in [6.07, 6.45) is 9.75. The van der Waals surface area contributed by atoms with Gasteiger partial charge in [-0.2, -0.15) is 0 Å². The Morgan fingerprint density at radius 3 is 2.43 bits per heavy atom. The second kappa shape index (κ2) is 10.4. The minimum Gasteiger partial charge on any atom is -0.481 e. The molecule has 0 heterocycles. The van der Waals surface area contributed by atoms with Crippen molar-refractivity contribution < 1.29 is 9.84 Å². The van der Waals surface area contributed by atoms with Gasteiger partial charge < -0.3 is 9.84 Å². The Kier molecular flexibility index (Phi) is 9.93. The Morgan fingerprint density at radius 1 is 1.07 bits per heavy atom. The van der Waals surface area contributed by atoms with Crippen LogP contribution in [-0.4, -0.2) is 11.7 Å². The van der Waals surface area contributed by atoms with Crippen molar-refractivity contribution in [3.63, 3.8) is 0 Å². The second-order valence-corrected chi connectivity index (χ2v) is 3.59. The zero-order valence-electron chi connectivity index (χ0n) is 9.59. The van der Waals surface area contributed by atoms with Crippen LogP contribution < -0.4 is 0 Å². The summed E-state index contributed by atoms with van der Waals surface area (Å²) < 4.78 is 5.11. The number of aliphatic hydroxyl groups is 1. The number of unbranched alkanes of at least 4 members (excludes halogenated alkanes) is 5. The summed E-state index contributed by atoms with van der Waals surface area (Å²) in [6.45, 7) is 4.93. The van der Waals surface area contributed by atoms with Crippen LogP contribution in [0.3, 0.4) is 0 Å². The highest BCUT2D eigenvalue weighted by Crippen LogP contribution is 2.05. The van der Waals surface area contributed by atoms with Crippen LogP contribution in [0.4, 0.5) is 0 Å². The van der Waals surface area contributed by atoms with Crippen LogP contribution in [0.25, 0.3) is 0 Å². The molecule has 0 saturated heterocycles.